The number of aliphatic hydroxyl groups excluding tert-OH is 1. The third-order valence-corrected chi connectivity index (χ3v) is 5.17. The Morgan fingerprint density at radius 3 is 2.31 bits per heavy atom. The van der Waals surface area contributed by atoms with E-state index in [1.165, 1.54) is 24.3 Å². The molecule has 0 aliphatic carbocycles. The zero-order chi connectivity index (χ0) is 20.9. The minimum atomic E-state index is -3.37. The first kappa shape index (κ1) is 21.1. The minimum absolute atomic E-state index is 0.0685. The second kappa shape index (κ2) is 9.25. The fraction of sp³-hybridized carbons (Fsp3) is 0.350. The van der Waals surface area contributed by atoms with Crippen LogP contribution in [0.1, 0.15) is 22.0 Å². The van der Waals surface area contributed by atoms with Crippen LogP contribution in [0.3, 0.4) is 0 Å². The normalized spacial score (nSPS) is 15.6. The molecule has 1 aliphatic rings. The Labute approximate surface area is 170 Å². The molecule has 156 valence electrons. The predicted molar refractivity (Wildman–Crippen MR) is 112 cm³/mol. The maximum atomic E-state index is 12.3. The van der Waals surface area contributed by atoms with Crippen LogP contribution in [0.15, 0.2) is 48.5 Å². The molecular formula is C20H25N3O5S. The molecule has 9 heteroatoms. The van der Waals surface area contributed by atoms with E-state index in [0.29, 0.717) is 24.5 Å². The number of carbonyl (C=O) groups excluding carboxylic acids is 1. The Hall–Kier alpha value is -2.62. The average Bonchev–Trinajstić information content (AvgIpc) is 2.72. The van der Waals surface area contributed by atoms with Crippen molar-refractivity contribution in [2.75, 3.05) is 48.7 Å². The fourth-order valence-electron chi connectivity index (χ4n) is 3.04. The number of hydrogen-bond acceptors (Lipinski definition) is 6. The molecule has 1 saturated heterocycles. The number of benzene rings is 2. The lowest BCUT2D eigenvalue weighted by molar-refractivity contribution is 0.0916. The molecule has 1 aliphatic heterocycles. The van der Waals surface area contributed by atoms with Crippen LogP contribution in [0.5, 0.6) is 0 Å². The van der Waals surface area contributed by atoms with E-state index in [0.717, 1.165) is 30.6 Å². The van der Waals surface area contributed by atoms with Gasteiger partial charge in [0, 0.05) is 36.6 Å². The Balaban J connectivity index is 1.53. The standard InChI is InChI=1S/C20H25N3O5S/c1-29(26,27)22-17-6-2-16(3-7-17)20(25)21-14-19(24)15-4-8-18(9-5-15)23-10-12-28-13-11-23/h2-9,19,22,24H,10-14H2,1H3,(H,21,25). The highest BCUT2D eigenvalue weighted by Crippen LogP contribution is 2.20. The Kier molecular flexibility index (Phi) is 6.73. The number of carbonyl (C=O) groups is 1. The number of rotatable bonds is 7. The van der Waals surface area contributed by atoms with E-state index in [2.05, 4.69) is 14.9 Å². The zero-order valence-electron chi connectivity index (χ0n) is 16.2. The second-order valence-electron chi connectivity index (χ2n) is 6.87. The van der Waals surface area contributed by atoms with Crippen molar-refractivity contribution in [3.63, 3.8) is 0 Å². The molecule has 0 bridgehead atoms. The topological polar surface area (TPSA) is 108 Å². The van der Waals surface area contributed by atoms with Crippen molar-refractivity contribution < 1.29 is 23.1 Å². The van der Waals surface area contributed by atoms with E-state index < -0.39 is 16.1 Å². The summed E-state index contributed by atoms with van der Waals surface area (Å²) in [5, 5.41) is 13.1. The summed E-state index contributed by atoms with van der Waals surface area (Å²) in [5.74, 6) is -0.347. The smallest absolute Gasteiger partial charge is 0.251 e. The summed E-state index contributed by atoms with van der Waals surface area (Å²) < 4.78 is 30.1. The molecule has 0 spiro atoms. The average molecular weight is 420 g/mol. The largest absolute Gasteiger partial charge is 0.387 e. The van der Waals surface area contributed by atoms with Gasteiger partial charge in [-0.15, -0.1) is 0 Å². The molecule has 1 amide bonds. The van der Waals surface area contributed by atoms with Gasteiger partial charge in [-0.1, -0.05) is 12.1 Å². The van der Waals surface area contributed by atoms with Crippen molar-refractivity contribution in [1.82, 2.24) is 5.32 Å². The summed E-state index contributed by atoms with van der Waals surface area (Å²) in [4.78, 5) is 14.5. The van der Waals surface area contributed by atoms with E-state index >= 15 is 0 Å². The molecule has 2 aromatic rings. The molecule has 0 saturated carbocycles. The summed E-state index contributed by atoms with van der Waals surface area (Å²) in [6.07, 6.45) is 0.228. The highest BCUT2D eigenvalue weighted by Gasteiger charge is 2.14. The first-order chi connectivity index (χ1) is 13.8. The molecule has 1 atom stereocenters. The van der Waals surface area contributed by atoms with Gasteiger partial charge in [-0.05, 0) is 42.0 Å². The van der Waals surface area contributed by atoms with Crippen LogP contribution in [0, 0.1) is 0 Å². The van der Waals surface area contributed by atoms with Gasteiger partial charge < -0.3 is 20.1 Å². The first-order valence-corrected chi connectivity index (χ1v) is 11.2. The number of hydrogen-bond donors (Lipinski definition) is 3. The van der Waals surface area contributed by atoms with Gasteiger partial charge in [0.25, 0.3) is 5.91 Å². The maximum absolute atomic E-state index is 12.3. The summed E-state index contributed by atoms with van der Waals surface area (Å²) in [5.41, 5.74) is 2.55. The lowest BCUT2D eigenvalue weighted by Crippen LogP contribution is -2.36. The fourth-order valence-corrected chi connectivity index (χ4v) is 3.61. The molecule has 1 heterocycles. The van der Waals surface area contributed by atoms with E-state index in [-0.39, 0.29) is 12.5 Å². The summed E-state index contributed by atoms with van der Waals surface area (Å²) >= 11 is 0. The number of ether oxygens (including phenoxy) is 1. The molecule has 3 N–H and O–H groups in total. The SMILES string of the molecule is CS(=O)(=O)Nc1ccc(C(=O)NCC(O)c2ccc(N3CCOCC3)cc2)cc1. The van der Waals surface area contributed by atoms with Crippen LogP contribution >= 0.6 is 0 Å². The molecule has 0 radical (unpaired) electrons. The summed E-state index contributed by atoms with van der Waals surface area (Å²) in [6.45, 7) is 3.18. The maximum Gasteiger partial charge on any atom is 0.251 e. The van der Waals surface area contributed by atoms with Gasteiger partial charge in [0.15, 0.2) is 0 Å². The third-order valence-electron chi connectivity index (χ3n) is 4.56. The number of morpholine rings is 1. The van der Waals surface area contributed by atoms with Crippen molar-refractivity contribution in [2.24, 2.45) is 0 Å². The monoisotopic (exact) mass is 419 g/mol. The van der Waals surface area contributed by atoms with Gasteiger partial charge in [0.2, 0.25) is 10.0 Å². The Morgan fingerprint density at radius 2 is 1.72 bits per heavy atom. The van der Waals surface area contributed by atoms with Gasteiger partial charge in [-0.3, -0.25) is 9.52 Å². The summed E-state index contributed by atoms with van der Waals surface area (Å²) in [6, 6.07) is 13.7. The van der Waals surface area contributed by atoms with Crippen LogP contribution in [0.25, 0.3) is 0 Å². The molecule has 3 rings (SSSR count). The van der Waals surface area contributed by atoms with Crippen LogP contribution in [0.4, 0.5) is 11.4 Å². The zero-order valence-corrected chi connectivity index (χ0v) is 17.0. The van der Waals surface area contributed by atoms with Gasteiger partial charge in [-0.2, -0.15) is 0 Å². The number of amides is 1. The second-order valence-corrected chi connectivity index (χ2v) is 8.62. The van der Waals surface area contributed by atoms with Crippen molar-refractivity contribution >= 4 is 27.3 Å². The number of anilines is 2. The molecule has 29 heavy (non-hydrogen) atoms. The number of nitrogens with one attached hydrogen (secondary N) is 2. The minimum Gasteiger partial charge on any atom is -0.387 e. The molecule has 8 nitrogen and oxygen atoms in total. The lowest BCUT2D eigenvalue weighted by Gasteiger charge is -2.29. The van der Waals surface area contributed by atoms with Gasteiger partial charge in [-0.25, -0.2) is 8.42 Å². The summed E-state index contributed by atoms with van der Waals surface area (Å²) in [7, 11) is -3.37. The Bertz CT molecular complexity index is 924. The molecule has 2 aromatic carbocycles. The van der Waals surface area contributed by atoms with Crippen molar-refractivity contribution in [3.05, 3.63) is 59.7 Å². The van der Waals surface area contributed by atoms with Crippen LogP contribution in [-0.2, 0) is 14.8 Å². The third kappa shape index (κ3) is 6.18. The van der Waals surface area contributed by atoms with Gasteiger partial charge in [0.05, 0.1) is 25.6 Å². The van der Waals surface area contributed by atoms with Crippen molar-refractivity contribution in [3.8, 4) is 0 Å². The predicted octanol–water partition coefficient (Wildman–Crippen LogP) is 1.36. The highest BCUT2D eigenvalue weighted by atomic mass is 32.2. The van der Waals surface area contributed by atoms with E-state index in [1.54, 1.807) is 0 Å². The molecular weight excluding hydrogens is 394 g/mol. The van der Waals surface area contributed by atoms with E-state index in [4.69, 9.17) is 4.74 Å². The van der Waals surface area contributed by atoms with Gasteiger partial charge in [0.1, 0.15) is 0 Å². The van der Waals surface area contributed by atoms with Crippen LogP contribution < -0.4 is 14.9 Å². The van der Waals surface area contributed by atoms with Crippen molar-refractivity contribution in [1.29, 1.82) is 0 Å². The van der Waals surface area contributed by atoms with E-state index in [9.17, 15) is 18.3 Å². The number of aliphatic hydroxyl groups is 1. The van der Waals surface area contributed by atoms with E-state index in [1.807, 2.05) is 24.3 Å². The molecule has 0 aromatic heterocycles. The quantitative estimate of drug-likeness (QED) is 0.625. The van der Waals surface area contributed by atoms with Gasteiger partial charge >= 0.3 is 0 Å². The number of sulfonamides is 1. The van der Waals surface area contributed by atoms with Crippen LogP contribution in [0.2, 0.25) is 0 Å². The lowest BCUT2D eigenvalue weighted by atomic mass is 10.1. The Morgan fingerprint density at radius 1 is 1.10 bits per heavy atom. The highest BCUT2D eigenvalue weighted by molar-refractivity contribution is 7.92. The number of nitrogens with zero attached hydrogens (tertiary/aromatic N) is 1. The van der Waals surface area contributed by atoms with Crippen LogP contribution in [-0.4, -0.2) is 58.5 Å². The van der Waals surface area contributed by atoms with Crippen molar-refractivity contribution in [2.45, 2.75) is 6.10 Å². The first-order valence-electron chi connectivity index (χ1n) is 9.28. The molecule has 1 fully saturated rings. The molecule has 1 unspecified atom stereocenters.